The number of thiol groups is 1. The summed E-state index contributed by atoms with van der Waals surface area (Å²) in [7, 11) is 0. The number of aliphatic carboxylic acids is 1. The van der Waals surface area contributed by atoms with Crippen LogP contribution >= 0.6 is 28.6 Å². The van der Waals surface area contributed by atoms with Gasteiger partial charge in [0.05, 0.1) is 12.4 Å². The SMILES string of the molecule is O=C(O)CO[C@@H]1[C@@H](n2cc(-c3cc(F)c(F)c(F)c3)nn2)[C@@H](O)[C@@H](COc2cncc(Br)c2)O[C@@H]1S. The van der Waals surface area contributed by atoms with Gasteiger partial charge in [-0.05, 0) is 34.1 Å². The van der Waals surface area contributed by atoms with Gasteiger partial charge in [0.25, 0.3) is 0 Å². The van der Waals surface area contributed by atoms with E-state index >= 15 is 0 Å². The van der Waals surface area contributed by atoms with Gasteiger partial charge in [-0.15, -0.1) is 17.7 Å². The highest BCUT2D eigenvalue weighted by Gasteiger charge is 2.47. The third-order valence-corrected chi connectivity index (χ3v) is 6.10. The molecule has 1 aliphatic heterocycles. The van der Waals surface area contributed by atoms with Crippen molar-refractivity contribution in [3.63, 3.8) is 0 Å². The summed E-state index contributed by atoms with van der Waals surface area (Å²) < 4.78 is 59.4. The summed E-state index contributed by atoms with van der Waals surface area (Å²) in [4.78, 5) is 15.1. The molecule has 0 unspecified atom stereocenters. The Morgan fingerprint density at radius 3 is 2.61 bits per heavy atom. The lowest BCUT2D eigenvalue weighted by Gasteiger charge is -2.42. The van der Waals surface area contributed by atoms with Gasteiger partial charge in [0.15, 0.2) is 17.5 Å². The first-order valence-electron chi connectivity index (χ1n) is 10.3. The van der Waals surface area contributed by atoms with Crippen molar-refractivity contribution in [3.8, 4) is 17.0 Å². The summed E-state index contributed by atoms with van der Waals surface area (Å²) in [5, 5.41) is 27.9. The topological polar surface area (TPSA) is 129 Å². The summed E-state index contributed by atoms with van der Waals surface area (Å²) in [6.45, 7) is -0.871. The zero-order valence-electron chi connectivity index (χ0n) is 18.0. The zero-order chi connectivity index (χ0) is 26.0. The molecule has 0 aliphatic carbocycles. The number of benzene rings is 1. The zero-order valence-corrected chi connectivity index (χ0v) is 20.5. The van der Waals surface area contributed by atoms with Gasteiger partial charge < -0.3 is 24.4 Å². The Bertz CT molecular complexity index is 1230. The molecule has 0 bridgehead atoms. The Hall–Kier alpha value is -2.72. The molecular weight excluding hydrogens is 573 g/mol. The summed E-state index contributed by atoms with van der Waals surface area (Å²) in [6, 6.07) is 2.05. The lowest BCUT2D eigenvalue weighted by atomic mass is 9.97. The standard InChI is InChI=1S/C21H18BrF3N4O6S/c22-10-3-11(5-26-4-10)33-7-15-19(32)18(20(21(36)35-15)34-8-16(30)31)29-6-14(27-28-29)9-1-12(23)17(25)13(24)2-9/h1-6,15,18-21,32,36H,7-8H2,(H,30,31)/t15-,18+,19+,20-,21-/m1/s1. The number of rotatable bonds is 8. The number of carboxylic acid groups (broad SMARTS) is 1. The van der Waals surface area contributed by atoms with Crippen LogP contribution in [0.5, 0.6) is 5.75 Å². The van der Waals surface area contributed by atoms with E-state index in [4.69, 9.17) is 19.3 Å². The van der Waals surface area contributed by atoms with E-state index in [1.807, 2.05) is 0 Å². The number of aromatic nitrogens is 4. The molecule has 1 saturated heterocycles. The van der Waals surface area contributed by atoms with Crippen LogP contribution in [0.15, 0.2) is 41.3 Å². The van der Waals surface area contributed by atoms with E-state index in [9.17, 15) is 23.1 Å². The molecule has 0 amide bonds. The molecule has 192 valence electrons. The molecule has 3 aromatic rings. The predicted molar refractivity (Wildman–Crippen MR) is 123 cm³/mol. The van der Waals surface area contributed by atoms with Gasteiger partial charge in [0.1, 0.15) is 54.4 Å². The number of carboxylic acids is 1. The van der Waals surface area contributed by atoms with Gasteiger partial charge in [-0.3, -0.25) is 4.98 Å². The van der Waals surface area contributed by atoms with Crippen molar-refractivity contribution in [2.24, 2.45) is 0 Å². The monoisotopic (exact) mass is 590 g/mol. The van der Waals surface area contributed by atoms with Crippen LogP contribution in [-0.4, -0.2) is 73.1 Å². The van der Waals surface area contributed by atoms with Crippen molar-refractivity contribution in [3.05, 3.63) is 58.7 Å². The van der Waals surface area contributed by atoms with Gasteiger partial charge in [-0.2, -0.15) is 0 Å². The van der Waals surface area contributed by atoms with Crippen LogP contribution in [0.1, 0.15) is 6.04 Å². The maximum Gasteiger partial charge on any atom is 0.329 e. The minimum absolute atomic E-state index is 0.0350. The maximum absolute atomic E-state index is 13.7. The number of pyridine rings is 1. The summed E-state index contributed by atoms with van der Waals surface area (Å²) >= 11 is 7.63. The third-order valence-electron chi connectivity index (χ3n) is 5.25. The van der Waals surface area contributed by atoms with E-state index in [2.05, 4.69) is 43.9 Å². The number of aliphatic hydroxyl groups excluding tert-OH is 1. The van der Waals surface area contributed by atoms with E-state index in [0.717, 1.165) is 16.8 Å². The number of hydrogen-bond acceptors (Lipinski definition) is 9. The van der Waals surface area contributed by atoms with Crippen LogP contribution in [0, 0.1) is 17.5 Å². The van der Waals surface area contributed by atoms with Crippen LogP contribution in [0.3, 0.4) is 0 Å². The summed E-state index contributed by atoms with van der Waals surface area (Å²) in [5.74, 6) is -5.34. The number of ether oxygens (including phenoxy) is 3. The lowest BCUT2D eigenvalue weighted by molar-refractivity contribution is -0.194. The van der Waals surface area contributed by atoms with Crippen LogP contribution in [0.25, 0.3) is 11.3 Å². The van der Waals surface area contributed by atoms with Crippen LogP contribution in [0.2, 0.25) is 0 Å². The molecule has 36 heavy (non-hydrogen) atoms. The molecule has 5 atom stereocenters. The highest BCUT2D eigenvalue weighted by molar-refractivity contribution is 9.10. The second-order valence-electron chi connectivity index (χ2n) is 7.70. The third kappa shape index (κ3) is 5.81. The van der Waals surface area contributed by atoms with Gasteiger partial charge in [0, 0.05) is 16.2 Å². The molecule has 1 aliphatic rings. The van der Waals surface area contributed by atoms with Crippen molar-refractivity contribution in [2.45, 2.75) is 29.8 Å². The van der Waals surface area contributed by atoms with Crippen LogP contribution < -0.4 is 4.74 Å². The molecular formula is C21H18BrF3N4O6S. The summed E-state index contributed by atoms with van der Waals surface area (Å²) in [5.41, 5.74) is -1.17. The molecule has 1 fully saturated rings. The Morgan fingerprint density at radius 2 is 1.94 bits per heavy atom. The maximum atomic E-state index is 13.7. The fourth-order valence-corrected chi connectivity index (χ4v) is 4.38. The van der Waals surface area contributed by atoms with Crippen molar-refractivity contribution < 1.29 is 42.4 Å². The van der Waals surface area contributed by atoms with Gasteiger partial charge in [0.2, 0.25) is 0 Å². The fourth-order valence-electron chi connectivity index (χ4n) is 3.62. The van der Waals surface area contributed by atoms with E-state index in [1.54, 1.807) is 12.3 Å². The Kier molecular flexibility index (Phi) is 8.14. The Labute approximate surface area is 215 Å². The molecule has 2 N–H and O–H groups in total. The number of nitrogens with zero attached hydrogens (tertiary/aromatic N) is 4. The average Bonchev–Trinajstić information content (AvgIpc) is 3.31. The number of halogens is 4. The van der Waals surface area contributed by atoms with Crippen LogP contribution in [0.4, 0.5) is 13.2 Å². The Morgan fingerprint density at radius 1 is 1.22 bits per heavy atom. The highest BCUT2D eigenvalue weighted by Crippen LogP contribution is 2.35. The van der Waals surface area contributed by atoms with Gasteiger partial charge in [-0.1, -0.05) is 5.21 Å². The van der Waals surface area contributed by atoms with E-state index in [0.29, 0.717) is 10.2 Å². The molecule has 0 radical (unpaired) electrons. The molecule has 15 heteroatoms. The first kappa shape index (κ1) is 26.3. The molecule has 10 nitrogen and oxygen atoms in total. The van der Waals surface area contributed by atoms with E-state index in [-0.39, 0.29) is 17.9 Å². The Balaban J connectivity index is 1.61. The number of carbonyl (C=O) groups is 1. The summed E-state index contributed by atoms with van der Waals surface area (Å²) in [6.07, 6.45) is 0.792. The smallest absolute Gasteiger partial charge is 0.329 e. The molecule has 3 heterocycles. The fraction of sp³-hybridized carbons (Fsp3) is 0.333. The largest absolute Gasteiger partial charge is 0.489 e. The normalized spacial score (nSPS) is 24.0. The minimum Gasteiger partial charge on any atom is -0.489 e. The second-order valence-corrected chi connectivity index (χ2v) is 9.13. The predicted octanol–water partition coefficient (Wildman–Crippen LogP) is 2.63. The van der Waals surface area contributed by atoms with Crippen molar-refractivity contribution in [1.82, 2.24) is 20.0 Å². The minimum atomic E-state index is -1.63. The molecule has 1 aromatic carbocycles. The van der Waals surface area contributed by atoms with Gasteiger partial charge >= 0.3 is 5.97 Å². The van der Waals surface area contributed by atoms with Gasteiger partial charge in [-0.25, -0.2) is 22.6 Å². The first-order chi connectivity index (χ1) is 17.1. The average molecular weight is 591 g/mol. The second kappa shape index (κ2) is 11.1. The molecule has 0 spiro atoms. The number of aliphatic hydroxyl groups is 1. The molecule has 4 rings (SSSR count). The van der Waals surface area contributed by atoms with E-state index in [1.165, 1.54) is 12.4 Å². The molecule has 0 saturated carbocycles. The van der Waals surface area contributed by atoms with E-state index < -0.39 is 59.8 Å². The van der Waals surface area contributed by atoms with Crippen LogP contribution in [-0.2, 0) is 14.3 Å². The number of hydrogen-bond donors (Lipinski definition) is 3. The highest BCUT2D eigenvalue weighted by atomic mass is 79.9. The quantitative estimate of drug-likeness (QED) is 0.268. The van der Waals surface area contributed by atoms with Crippen molar-refractivity contribution in [2.75, 3.05) is 13.2 Å². The first-order valence-corrected chi connectivity index (χ1v) is 11.6. The molecule has 2 aromatic heterocycles. The van der Waals surface area contributed by atoms with Crippen molar-refractivity contribution >= 4 is 34.5 Å². The van der Waals surface area contributed by atoms with Crippen molar-refractivity contribution in [1.29, 1.82) is 0 Å². The lowest BCUT2D eigenvalue weighted by Crippen LogP contribution is -2.56.